The largest absolute Gasteiger partial charge is 0.0584 e. The number of rotatable bonds is 0. The van der Waals surface area contributed by atoms with E-state index in [0.29, 0.717) is 5.92 Å². The SMILES string of the molecule is Cc1ccc(C)c2c1-c1c(C)cc3c4cc(C)c5c6c(c(C)c7c(c8c(c(C)c-2c1c38)CC7C)c64)-c1c(C)ccc(C)c1-5. The van der Waals surface area contributed by atoms with Gasteiger partial charge in [-0.1, -0.05) is 43.3 Å². The molecule has 0 bridgehead atoms. The average Bonchev–Trinajstić information content (AvgIpc) is 3.53. The molecule has 0 amide bonds. The van der Waals surface area contributed by atoms with Crippen molar-refractivity contribution in [3.63, 3.8) is 0 Å². The Kier molecular flexibility index (Phi) is 4.13. The zero-order valence-corrected chi connectivity index (χ0v) is 26.7. The molecule has 0 radical (unpaired) electrons. The third kappa shape index (κ3) is 2.42. The minimum Gasteiger partial charge on any atom is -0.0584 e. The second-order valence-electron chi connectivity index (χ2n) is 14.4. The smallest absolute Gasteiger partial charge is 0.000813 e. The van der Waals surface area contributed by atoms with Gasteiger partial charge < -0.3 is 0 Å². The topological polar surface area (TPSA) is 0 Å². The van der Waals surface area contributed by atoms with Crippen molar-refractivity contribution < 1.29 is 0 Å². The van der Waals surface area contributed by atoms with Gasteiger partial charge in [0.15, 0.2) is 0 Å². The van der Waals surface area contributed by atoms with Crippen molar-refractivity contribution in [2.45, 2.75) is 74.7 Å². The van der Waals surface area contributed by atoms with Gasteiger partial charge in [0.25, 0.3) is 0 Å². The van der Waals surface area contributed by atoms with Gasteiger partial charge in [0.05, 0.1) is 0 Å². The molecule has 0 N–H and O–H groups in total. The van der Waals surface area contributed by atoms with E-state index in [1.54, 1.807) is 21.9 Å². The molecule has 7 aromatic rings. The first-order valence-electron chi connectivity index (χ1n) is 16.1. The fraction of sp³-hybridized carbons (Fsp3) is 0.256. The first-order valence-corrected chi connectivity index (χ1v) is 16.1. The molecule has 1 atom stereocenters. The van der Waals surface area contributed by atoms with Crippen LogP contribution in [0, 0.1) is 55.4 Å². The highest BCUT2D eigenvalue weighted by molar-refractivity contribution is 6.42. The van der Waals surface area contributed by atoms with Crippen molar-refractivity contribution in [1.29, 1.82) is 0 Å². The lowest BCUT2D eigenvalue weighted by Crippen LogP contribution is -2.12. The molecule has 0 heterocycles. The first kappa shape index (κ1) is 24.3. The number of fused-ring (bicyclic) bond motifs is 7. The van der Waals surface area contributed by atoms with Gasteiger partial charge >= 0.3 is 0 Å². The summed E-state index contributed by atoms with van der Waals surface area (Å²) in [4.78, 5) is 0. The van der Waals surface area contributed by atoms with Crippen LogP contribution in [0.15, 0.2) is 36.4 Å². The second kappa shape index (κ2) is 7.31. The molecule has 0 nitrogen and oxygen atoms in total. The van der Waals surface area contributed by atoms with E-state index in [4.69, 9.17) is 0 Å². The van der Waals surface area contributed by atoms with E-state index in [0.717, 1.165) is 6.42 Å². The molecule has 1 unspecified atom stereocenters. The van der Waals surface area contributed by atoms with E-state index >= 15 is 0 Å². The van der Waals surface area contributed by atoms with E-state index in [1.807, 2.05) is 0 Å². The Hall–Kier alpha value is -4.16. The fourth-order valence-corrected chi connectivity index (χ4v) is 10.4. The second-order valence-corrected chi connectivity index (χ2v) is 14.4. The van der Waals surface area contributed by atoms with Gasteiger partial charge in [0.2, 0.25) is 0 Å². The summed E-state index contributed by atoms with van der Waals surface area (Å²) in [6.45, 7) is 21.4. The molecule has 0 saturated carbocycles. The Morgan fingerprint density at radius 1 is 0.419 bits per heavy atom. The summed E-state index contributed by atoms with van der Waals surface area (Å²) >= 11 is 0. The maximum Gasteiger partial charge on any atom is -0.000813 e. The standard InChI is InChI=1S/C43H36/c1-17-10-12-19(3)32-30(17)34-22(6)15-27-28-16-23(7)35-31-18(2)11-13-20(4)33(31)37-25(9)29-21(5)14-26-24(8)36(32)42(34)39(27)38(26)41(29)40(28)43(35)37/h10-13,15-16,21H,14H2,1-9H3. The zero-order valence-electron chi connectivity index (χ0n) is 26.7. The Bertz CT molecular complexity index is 2550. The lowest BCUT2D eigenvalue weighted by Gasteiger charge is -2.32. The normalized spacial score (nSPS) is 15.7. The molecular weight excluding hydrogens is 516 g/mol. The molecule has 7 aromatic carbocycles. The minimum absolute atomic E-state index is 0.476. The minimum atomic E-state index is 0.476. The summed E-state index contributed by atoms with van der Waals surface area (Å²) < 4.78 is 0. The van der Waals surface area contributed by atoms with Crippen LogP contribution in [-0.2, 0) is 6.42 Å². The first-order chi connectivity index (χ1) is 20.6. The van der Waals surface area contributed by atoms with Crippen molar-refractivity contribution in [3.05, 3.63) is 92.0 Å². The van der Waals surface area contributed by atoms with Crippen LogP contribution in [-0.4, -0.2) is 0 Å². The van der Waals surface area contributed by atoms with E-state index in [9.17, 15) is 0 Å². The summed E-state index contributed by atoms with van der Waals surface area (Å²) in [5.74, 6) is 0.476. The number of benzene rings is 7. The highest BCUT2D eigenvalue weighted by atomic mass is 14.4. The van der Waals surface area contributed by atoms with Crippen molar-refractivity contribution in [3.8, 4) is 44.5 Å². The average molecular weight is 553 g/mol. The van der Waals surface area contributed by atoms with Gasteiger partial charge in [-0.05, 0) is 211 Å². The molecular formula is C43H36. The molecule has 0 fully saturated rings. The van der Waals surface area contributed by atoms with Gasteiger partial charge in [-0.25, -0.2) is 0 Å². The van der Waals surface area contributed by atoms with Gasteiger partial charge in [-0.2, -0.15) is 0 Å². The van der Waals surface area contributed by atoms with Crippen LogP contribution in [0.5, 0.6) is 0 Å². The van der Waals surface area contributed by atoms with Gasteiger partial charge in [0.1, 0.15) is 0 Å². The molecule has 43 heavy (non-hydrogen) atoms. The summed E-state index contributed by atoms with van der Waals surface area (Å²) in [5, 5.41) is 12.1. The number of aryl methyl sites for hydroxylation is 6. The highest BCUT2D eigenvalue weighted by Gasteiger charge is 2.38. The Morgan fingerprint density at radius 2 is 0.837 bits per heavy atom. The van der Waals surface area contributed by atoms with Crippen LogP contribution in [0.2, 0.25) is 0 Å². The number of hydrogen-bond acceptors (Lipinski definition) is 0. The molecule has 10 rings (SSSR count). The van der Waals surface area contributed by atoms with Crippen molar-refractivity contribution in [2.24, 2.45) is 0 Å². The van der Waals surface area contributed by atoms with Crippen molar-refractivity contribution in [1.82, 2.24) is 0 Å². The van der Waals surface area contributed by atoms with Crippen LogP contribution in [0.4, 0.5) is 0 Å². The van der Waals surface area contributed by atoms with Gasteiger partial charge in [-0.3, -0.25) is 0 Å². The highest BCUT2D eigenvalue weighted by Crippen LogP contribution is 2.63. The number of hydrogen-bond donors (Lipinski definition) is 0. The maximum atomic E-state index is 2.56. The Balaban J connectivity index is 1.57. The van der Waals surface area contributed by atoms with E-state index < -0.39 is 0 Å². The van der Waals surface area contributed by atoms with E-state index in [1.165, 1.54) is 121 Å². The summed E-state index contributed by atoms with van der Waals surface area (Å²) in [5.41, 5.74) is 26.6. The lowest BCUT2D eigenvalue weighted by molar-refractivity contribution is 0.755. The lowest BCUT2D eigenvalue weighted by atomic mass is 9.71. The van der Waals surface area contributed by atoms with Crippen LogP contribution >= 0.6 is 0 Å². The summed E-state index contributed by atoms with van der Waals surface area (Å²) in [6.07, 6.45) is 1.11. The monoisotopic (exact) mass is 552 g/mol. The molecule has 3 aliphatic rings. The fourth-order valence-electron chi connectivity index (χ4n) is 10.4. The molecule has 0 heteroatoms. The summed E-state index contributed by atoms with van der Waals surface area (Å²) in [7, 11) is 0. The van der Waals surface area contributed by atoms with Crippen LogP contribution in [0.25, 0.3) is 87.6 Å². The quantitative estimate of drug-likeness (QED) is 0.130. The van der Waals surface area contributed by atoms with Gasteiger partial charge in [0, 0.05) is 0 Å². The molecule has 208 valence electrons. The van der Waals surface area contributed by atoms with Crippen LogP contribution in [0.1, 0.15) is 68.5 Å². The van der Waals surface area contributed by atoms with Gasteiger partial charge in [-0.15, -0.1) is 0 Å². The van der Waals surface area contributed by atoms with Crippen LogP contribution < -0.4 is 0 Å². The van der Waals surface area contributed by atoms with Crippen LogP contribution in [0.3, 0.4) is 0 Å². The van der Waals surface area contributed by atoms with E-state index in [2.05, 4.69) is 98.7 Å². The molecule has 0 saturated heterocycles. The molecule has 0 aromatic heterocycles. The summed E-state index contributed by atoms with van der Waals surface area (Å²) in [6, 6.07) is 14.5. The Morgan fingerprint density at radius 3 is 1.33 bits per heavy atom. The third-order valence-electron chi connectivity index (χ3n) is 12.0. The predicted molar refractivity (Wildman–Crippen MR) is 187 cm³/mol. The third-order valence-corrected chi connectivity index (χ3v) is 12.0. The zero-order chi connectivity index (χ0) is 29.5. The van der Waals surface area contributed by atoms with Crippen molar-refractivity contribution in [2.75, 3.05) is 0 Å². The van der Waals surface area contributed by atoms with E-state index in [-0.39, 0.29) is 0 Å². The molecule has 3 aliphatic carbocycles. The Labute approximate surface area is 253 Å². The predicted octanol–water partition coefficient (Wildman–Crippen LogP) is 12.2. The maximum absolute atomic E-state index is 2.56. The molecule has 0 aliphatic heterocycles. The van der Waals surface area contributed by atoms with Crippen molar-refractivity contribution >= 4 is 43.1 Å². The molecule has 0 spiro atoms.